The standard InChI is InChI=1S/C26H20BrN3O3/c27-19-9-7-16(8-10-19)24(31)22-23(18-4-3-12-28-14-18)30(26(33)25(22)32)13-11-17-15-29-21-6-2-1-5-20(17)21/h1-10,12,14-15,23,29,31H,11,13H2. The molecular formula is C26H20BrN3O3. The lowest BCUT2D eigenvalue weighted by Gasteiger charge is -2.25. The zero-order valence-electron chi connectivity index (χ0n) is 17.5. The normalized spacial score (nSPS) is 17.7. The molecule has 1 atom stereocenters. The first-order chi connectivity index (χ1) is 16.0. The number of hydrogen-bond donors (Lipinski definition) is 2. The highest BCUT2D eigenvalue weighted by Crippen LogP contribution is 2.39. The van der Waals surface area contributed by atoms with Crippen LogP contribution in [0.5, 0.6) is 0 Å². The summed E-state index contributed by atoms with van der Waals surface area (Å²) < 4.78 is 0.849. The Kier molecular flexibility index (Phi) is 5.56. The maximum Gasteiger partial charge on any atom is 0.295 e. The van der Waals surface area contributed by atoms with Crippen molar-refractivity contribution in [2.45, 2.75) is 12.5 Å². The van der Waals surface area contributed by atoms with Crippen LogP contribution in [0.3, 0.4) is 0 Å². The molecule has 1 amide bonds. The highest BCUT2D eigenvalue weighted by molar-refractivity contribution is 9.10. The summed E-state index contributed by atoms with van der Waals surface area (Å²) in [5.41, 5.74) is 3.31. The summed E-state index contributed by atoms with van der Waals surface area (Å²) in [6.07, 6.45) is 5.76. The van der Waals surface area contributed by atoms with Crippen molar-refractivity contribution in [3.8, 4) is 0 Å². The molecule has 2 N–H and O–H groups in total. The Morgan fingerprint density at radius 3 is 2.61 bits per heavy atom. The minimum Gasteiger partial charge on any atom is -0.507 e. The van der Waals surface area contributed by atoms with E-state index in [-0.39, 0.29) is 11.3 Å². The highest BCUT2D eigenvalue weighted by Gasteiger charge is 2.46. The summed E-state index contributed by atoms with van der Waals surface area (Å²) in [5.74, 6) is -1.50. The third-order valence-corrected chi connectivity index (χ3v) is 6.48. The molecule has 3 heterocycles. The number of para-hydroxylation sites is 1. The van der Waals surface area contributed by atoms with Gasteiger partial charge in [-0.1, -0.05) is 52.3 Å². The molecule has 7 heteroatoms. The molecule has 1 fully saturated rings. The van der Waals surface area contributed by atoms with Crippen LogP contribution in [0, 0.1) is 0 Å². The van der Waals surface area contributed by atoms with E-state index in [0.717, 1.165) is 20.9 Å². The Morgan fingerprint density at radius 2 is 1.85 bits per heavy atom. The molecule has 0 saturated carbocycles. The zero-order chi connectivity index (χ0) is 22.9. The molecule has 0 spiro atoms. The number of pyridine rings is 1. The molecule has 5 rings (SSSR count). The number of amides is 1. The quantitative estimate of drug-likeness (QED) is 0.229. The summed E-state index contributed by atoms with van der Waals surface area (Å²) in [7, 11) is 0. The molecule has 0 radical (unpaired) electrons. The molecule has 1 aliphatic heterocycles. The minimum absolute atomic E-state index is 0.0780. The molecule has 164 valence electrons. The van der Waals surface area contributed by atoms with Gasteiger partial charge in [0.15, 0.2) is 0 Å². The van der Waals surface area contributed by atoms with Crippen LogP contribution in [0.25, 0.3) is 16.7 Å². The molecule has 4 aromatic rings. The van der Waals surface area contributed by atoms with Gasteiger partial charge in [-0.2, -0.15) is 0 Å². The first-order valence-corrected chi connectivity index (χ1v) is 11.3. The Bertz CT molecular complexity index is 1380. The number of carbonyl (C=O) groups is 2. The summed E-state index contributed by atoms with van der Waals surface area (Å²) >= 11 is 3.38. The van der Waals surface area contributed by atoms with Gasteiger partial charge in [-0.3, -0.25) is 14.6 Å². The van der Waals surface area contributed by atoms with Gasteiger partial charge in [-0.15, -0.1) is 0 Å². The topological polar surface area (TPSA) is 86.3 Å². The van der Waals surface area contributed by atoms with E-state index in [1.54, 1.807) is 42.7 Å². The number of aromatic amines is 1. The van der Waals surface area contributed by atoms with Crippen LogP contribution in [0.2, 0.25) is 0 Å². The number of aromatic nitrogens is 2. The summed E-state index contributed by atoms with van der Waals surface area (Å²) in [6.45, 7) is 0.323. The number of carbonyl (C=O) groups excluding carboxylic acids is 2. The maximum absolute atomic E-state index is 13.1. The predicted octanol–water partition coefficient (Wildman–Crippen LogP) is 4.99. The van der Waals surface area contributed by atoms with Gasteiger partial charge in [0.1, 0.15) is 5.76 Å². The van der Waals surface area contributed by atoms with Gasteiger partial charge in [0.2, 0.25) is 0 Å². The molecule has 2 aromatic heterocycles. The fraction of sp³-hybridized carbons (Fsp3) is 0.115. The van der Waals surface area contributed by atoms with Gasteiger partial charge >= 0.3 is 0 Å². The van der Waals surface area contributed by atoms with E-state index in [9.17, 15) is 14.7 Å². The van der Waals surface area contributed by atoms with E-state index >= 15 is 0 Å². The number of fused-ring (bicyclic) bond motifs is 1. The van der Waals surface area contributed by atoms with Gasteiger partial charge in [0.05, 0.1) is 11.6 Å². The van der Waals surface area contributed by atoms with E-state index < -0.39 is 17.7 Å². The lowest BCUT2D eigenvalue weighted by molar-refractivity contribution is -0.139. The van der Waals surface area contributed by atoms with Crippen LogP contribution in [0.1, 0.15) is 22.7 Å². The minimum atomic E-state index is -0.715. The van der Waals surface area contributed by atoms with Crippen LogP contribution in [-0.4, -0.2) is 38.2 Å². The number of hydrogen-bond acceptors (Lipinski definition) is 4. The summed E-state index contributed by atoms with van der Waals surface area (Å²) in [6, 6.07) is 17.8. The van der Waals surface area contributed by atoms with Crippen LogP contribution in [0.4, 0.5) is 0 Å². The Morgan fingerprint density at radius 1 is 1.06 bits per heavy atom. The summed E-state index contributed by atoms with van der Waals surface area (Å²) in [5, 5.41) is 12.2. The number of aliphatic hydroxyl groups excluding tert-OH is 1. The van der Waals surface area contributed by atoms with Gasteiger partial charge in [-0.05, 0) is 41.8 Å². The summed E-state index contributed by atoms with van der Waals surface area (Å²) in [4.78, 5) is 35.2. The lowest BCUT2D eigenvalue weighted by Crippen LogP contribution is -2.31. The van der Waals surface area contributed by atoms with E-state index in [2.05, 4.69) is 25.9 Å². The van der Waals surface area contributed by atoms with Gasteiger partial charge < -0.3 is 15.0 Å². The number of likely N-dealkylation sites (tertiary alicyclic amines) is 1. The fourth-order valence-electron chi connectivity index (χ4n) is 4.34. The third kappa shape index (κ3) is 3.85. The van der Waals surface area contributed by atoms with Crippen molar-refractivity contribution in [3.63, 3.8) is 0 Å². The average Bonchev–Trinajstić information content (AvgIpc) is 3.37. The second kappa shape index (κ2) is 8.67. The first kappa shape index (κ1) is 21.2. The van der Waals surface area contributed by atoms with Crippen LogP contribution >= 0.6 is 15.9 Å². The second-order valence-electron chi connectivity index (χ2n) is 7.90. The van der Waals surface area contributed by atoms with E-state index in [4.69, 9.17) is 0 Å². The Hall–Kier alpha value is -3.71. The number of ketones is 1. The van der Waals surface area contributed by atoms with Crippen molar-refractivity contribution in [2.24, 2.45) is 0 Å². The Balaban J connectivity index is 1.55. The van der Waals surface area contributed by atoms with Crippen LogP contribution in [-0.2, 0) is 16.0 Å². The molecule has 1 saturated heterocycles. The van der Waals surface area contributed by atoms with Gasteiger partial charge in [-0.25, -0.2) is 0 Å². The highest BCUT2D eigenvalue weighted by atomic mass is 79.9. The second-order valence-corrected chi connectivity index (χ2v) is 8.81. The maximum atomic E-state index is 13.1. The molecule has 1 unspecified atom stereocenters. The molecule has 6 nitrogen and oxygen atoms in total. The molecular weight excluding hydrogens is 482 g/mol. The largest absolute Gasteiger partial charge is 0.507 e. The third-order valence-electron chi connectivity index (χ3n) is 5.95. The SMILES string of the molecule is O=C1C(=O)N(CCc2c[nH]c3ccccc23)C(c2cccnc2)C1=C(O)c1ccc(Br)cc1. The molecule has 0 bridgehead atoms. The monoisotopic (exact) mass is 501 g/mol. The number of H-pyrrole nitrogens is 1. The fourth-order valence-corrected chi connectivity index (χ4v) is 4.60. The van der Waals surface area contributed by atoms with Crippen LogP contribution < -0.4 is 0 Å². The van der Waals surface area contributed by atoms with Crippen LogP contribution in [0.15, 0.2) is 89.3 Å². The number of halogens is 1. The lowest BCUT2D eigenvalue weighted by atomic mass is 9.96. The van der Waals surface area contributed by atoms with Gasteiger partial charge in [0.25, 0.3) is 11.7 Å². The number of rotatable bonds is 5. The van der Waals surface area contributed by atoms with E-state index in [0.29, 0.717) is 24.1 Å². The number of nitrogens with one attached hydrogen (secondary N) is 1. The zero-order valence-corrected chi connectivity index (χ0v) is 19.1. The molecule has 1 aliphatic rings. The van der Waals surface area contributed by atoms with E-state index in [1.165, 1.54) is 4.90 Å². The van der Waals surface area contributed by atoms with Crippen molar-refractivity contribution in [3.05, 3.63) is 106 Å². The average molecular weight is 502 g/mol. The predicted molar refractivity (Wildman–Crippen MR) is 129 cm³/mol. The van der Waals surface area contributed by atoms with Crippen molar-refractivity contribution in [1.82, 2.24) is 14.9 Å². The Labute approximate surface area is 198 Å². The number of aliphatic hydroxyl groups is 1. The number of Topliss-reactive ketones (excluding diaryl/α,β-unsaturated/α-hetero) is 1. The molecule has 0 aliphatic carbocycles. The van der Waals surface area contributed by atoms with Gasteiger partial charge in [0, 0.05) is 46.1 Å². The van der Waals surface area contributed by atoms with Crippen molar-refractivity contribution in [1.29, 1.82) is 0 Å². The van der Waals surface area contributed by atoms with E-state index in [1.807, 2.05) is 36.5 Å². The van der Waals surface area contributed by atoms with Crippen molar-refractivity contribution >= 4 is 44.3 Å². The smallest absolute Gasteiger partial charge is 0.295 e. The molecule has 2 aromatic carbocycles. The first-order valence-electron chi connectivity index (χ1n) is 10.5. The van der Waals surface area contributed by atoms with Crippen molar-refractivity contribution in [2.75, 3.05) is 6.54 Å². The van der Waals surface area contributed by atoms with Crippen molar-refractivity contribution < 1.29 is 14.7 Å². The number of nitrogens with zero attached hydrogens (tertiary/aromatic N) is 2. The number of benzene rings is 2. The molecule has 33 heavy (non-hydrogen) atoms.